The van der Waals surface area contributed by atoms with E-state index in [0.29, 0.717) is 11.4 Å². The maximum absolute atomic E-state index is 5.65. The molecule has 0 spiro atoms. The topological polar surface area (TPSA) is 47.7 Å². The van der Waals surface area contributed by atoms with E-state index in [0.717, 1.165) is 43.4 Å². The fourth-order valence-electron chi connectivity index (χ4n) is 3.50. The Morgan fingerprint density at radius 1 is 0.897 bits per heavy atom. The second-order valence-corrected chi connectivity index (χ2v) is 7.29. The van der Waals surface area contributed by atoms with Gasteiger partial charge in [-0.25, -0.2) is 4.68 Å². The van der Waals surface area contributed by atoms with Gasteiger partial charge in [-0.05, 0) is 48.6 Å². The van der Waals surface area contributed by atoms with E-state index in [9.17, 15) is 0 Å². The standard InChI is InChI=1S/C21H25N5O2S/c1-27-19-8-6-17(7-9-19)24-12-10-23(11-13-24)16-26-21(29)25(15-22-26)18-4-3-5-20(14-18)28-2/h3-9,14-15H,10-13,16H2,1-2H3. The second-order valence-electron chi connectivity index (χ2n) is 6.93. The molecule has 1 aromatic heterocycles. The molecule has 1 aliphatic heterocycles. The van der Waals surface area contributed by atoms with Gasteiger partial charge in [-0.3, -0.25) is 9.47 Å². The van der Waals surface area contributed by atoms with Crippen LogP contribution in [0.25, 0.3) is 5.69 Å². The quantitative estimate of drug-likeness (QED) is 0.581. The zero-order valence-corrected chi connectivity index (χ0v) is 17.5. The zero-order valence-electron chi connectivity index (χ0n) is 16.7. The van der Waals surface area contributed by atoms with Crippen LogP contribution in [0.5, 0.6) is 11.5 Å². The molecule has 2 aromatic carbocycles. The molecule has 0 bridgehead atoms. The summed E-state index contributed by atoms with van der Waals surface area (Å²) < 4.78 is 15.0. The number of piperazine rings is 1. The SMILES string of the molecule is COc1ccc(N2CCN(Cn3ncn(-c4cccc(OC)c4)c3=S)CC2)cc1. The minimum atomic E-state index is 0.677. The highest BCUT2D eigenvalue weighted by atomic mass is 32.1. The highest BCUT2D eigenvalue weighted by Gasteiger charge is 2.18. The third-order valence-electron chi connectivity index (χ3n) is 5.21. The van der Waals surface area contributed by atoms with E-state index < -0.39 is 0 Å². The molecule has 8 heteroatoms. The molecule has 0 aliphatic carbocycles. The molecule has 1 saturated heterocycles. The third kappa shape index (κ3) is 4.28. The number of hydrogen-bond donors (Lipinski definition) is 0. The van der Waals surface area contributed by atoms with Gasteiger partial charge >= 0.3 is 0 Å². The first-order chi connectivity index (χ1) is 14.2. The van der Waals surface area contributed by atoms with E-state index in [-0.39, 0.29) is 0 Å². The van der Waals surface area contributed by atoms with Crippen LogP contribution in [0.4, 0.5) is 5.69 Å². The number of aromatic nitrogens is 3. The molecular formula is C21H25N5O2S. The van der Waals surface area contributed by atoms with E-state index in [1.165, 1.54) is 5.69 Å². The fourth-order valence-corrected chi connectivity index (χ4v) is 3.76. The largest absolute Gasteiger partial charge is 0.497 e. The van der Waals surface area contributed by atoms with Crippen molar-refractivity contribution in [3.63, 3.8) is 0 Å². The summed E-state index contributed by atoms with van der Waals surface area (Å²) in [7, 11) is 3.35. The summed E-state index contributed by atoms with van der Waals surface area (Å²) in [6.45, 7) is 4.54. The first-order valence-electron chi connectivity index (χ1n) is 9.58. The van der Waals surface area contributed by atoms with Gasteiger partial charge in [0.25, 0.3) is 0 Å². The Labute approximate surface area is 175 Å². The molecule has 0 unspecified atom stereocenters. The highest BCUT2D eigenvalue weighted by Crippen LogP contribution is 2.21. The van der Waals surface area contributed by atoms with Gasteiger partial charge in [0.15, 0.2) is 0 Å². The monoisotopic (exact) mass is 411 g/mol. The average molecular weight is 412 g/mol. The van der Waals surface area contributed by atoms with E-state index in [1.807, 2.05) is 45.6 Å². The molecule has 4 rings (SSSR count). The Bertz CT molecular complexity index is 1010. The number of ether oxygens (including phenoxy) is 2. The van der Waals surface area contributed by atoms with Gasteiger partial charge in [0.1, 0.15) is 17.8 Å². The number of rotatable bonds is 6. The van der Waals surface area contributed by atoms with Crippen molar-refractivity contribution in [2.45, 2.75) is 6.67 Å². The lowest BCUT2D eigenvalue weighted by Crippen LogP contribution is -2.47. The predicted molar refractivity (Wildman–Crippen MR) is 116 cm³/mol. The third-order valence-corrected chi connectivity index (χ3v) is 5.62. The second kappa shape index (κ2) is 8.67. The Hall–Kier alpha value is -2.84. The Balaban J connectivity index is 1.39. The maximum atomic E-state index is 5.65. The first-order valence-corrected chi connectivity index (χ1v) is 9.99. The van der Waals surface area contributed by atoms with Crippen molar-refractivity contribution in [1.29, 1.82) is 0 Å². The lowest BCUT2D eigenvalue weighted by Gasteiger charge is -2.35. The summed E-state index contributed by atoms with van der Waals surface area (Å²) in [5, 5.41) is 4.50. The van der Waals surface area contributed by atoms with Gasteiger partial charge in [-0.1, -0.05) is 6.07 Å². The van der Waals surface area contributed by atoms with E-state index in [1.54, 1.807) is 20.5 Å². The zero-order chi connectivity index (χ0) is 20.2. The molecule has 0 amide bonds. The number of anilines is 1. The molecule has 1 aliphatic rings. The molecule has 29 heavy (non-hydrogen) atoms. The number of hydrogen-bond acceptors (Lipinski definition) is 6. The Morgan fingerprint density at radius 2 is 1.62 bits per heavy atom. The molecule has 0 N–H and O–H groups in total. The molecule has 1 fully saturated rings. The van der Waals surface area contributed by atoms with Crippen molar-refractivity contribution >= 4 is 17.9 Å². The molecule has 0 saturated carbocycles. The Kier molecular flexibility index (Phi) is 5.82. The molecule has 152 valence electrons. The summed E-state index contributed by atoms with van der Waals surface area (Å²) in [5.41, 5.74) is 2.18. The summed E-state index contributed by atoms with van der Waals surface area (Å²) >= 11 is 5.65. The van der Waals surface area contributed by atoms with E-state index in [2.05, 4.69) is 27.0 Å². The van der Waals surface area contributed by atoms with Gasteiger partial charge in [-0.15, -0.1) is 0 Å². The summed E-state index contributed by atoms with van der Waals surface area (Å²) in [6, 6.07) is 16.1. The van der Waals surface area contributed by atoms with Crippen LogP contribution in [0, 0.1) is 4.77 Å². The van der Waals surface area contributed by atoms with Crippen LogP contribution in [-0.4, -0.2) is 59.6 Å². The molecule has 3 aromatic rings. The van der Waals surface area contributed by atoms with Gasteiger partial charge < -0.3 is 14.4 Å². The lowest BCUT2D eigenvalue weighted by atomic mass is 10.2. The van der Waals surface area contributed by atoms with Crippen LogP contribution in [0.1, 0.15) is 0 Å². The minimum absolute atomic E-state index is 0.677. The lowest BCUT2D eigenvalue weighted by molar-refractivity contribution is 0.194. The summed E-state index contributed by atoms with van der Waals surface area (Å²) in [4.78, 5) is 4.77. The Morgan fingerprint density at radius 3 is 2.31 bits per heavy atom. The van der Waals surface area contributed by atoms with Crippen molar-refractivity contribution in [1.82, 2.24) is 19.2 Å². The van der Waals surface area contributed by atoms with Crippen LogP contribution in [-0.2, 0) is 6.67 Å². The number of nitrogens with zero attached hydrogens (tertiary/aromatic N) is 5. The maximum Gasteiger partial charge on any atom is 0.203 e. The molecule has 0 atom stereocenters. The number of benzene rings is 2. The van der Waals surface area contributed by atoms with Crippen LogP contribution in [0.2, 0.25) is 0 Å². The summed E-state index contributed by atoms with van der Waals surface area (Å²) in [5.74, 6) is 1.68. The average Bonchev–Trinajstić information content (AvgIpc) is 3.14. The first kappa shape index (κ1) is 19.5. The van der Waals surface area contributed by atoms with Crippen molar-refractivity contribution in [2.75, 3.05) is 45.3 Å². The van der Waals surface area contributed by atoms with Crippen LogP contribution in [0.3, 0.4) is 0 Å². The predicted octanol–water partition coefficient (Wildman–Crippen LogP) is 3.20. The normalized spacial score (nSPS) is 14.8. The fraction of sp³-hybridized carbons (Fsp3) is 0.333. The molecule has 0 radical (unpaired) electrons. The molecular weight excluding hydrogens is 386 g/mol. The summed E-state index contributed by atoms with van der Waals surface area (Å²) in [6.07, 6.45) is 1.77. The molecule has 2 heterocycles. The highest BCUT2D eigenvalue weighted by molar-refractivity contribution is 7.71. The molecule has 7 nitrogen and oxygen atoms in total. The van der Waals surface area contributed by atoms with Crippen molar-refractivity contribution in [2.24, 2.45) is 0 Å². The smallest absolute Gasteiger partial charge is 0.203 e. The van der Waals surface area contributed by atoms with Gasteiger partial charge in [0.05, 0.1) is 26.6 Å². The van der Waals surface area contributed by atoms with Crippen molar-refractivity contribution in [3.8, 4) is 17.2 Å². The van der Waals surface area contributed by atoms with Crippen LogP contribution < -0.4 is 14.4 Å². The van der Waals surface area contributed by atoms with Crippen LogP contribution in [0.15, 0.2) is 54.9 Å². The van der Waals surface area contributed by atoms with Gasteiger partial charge in [-0.2, -0.15) is 5.10 Å². The van der Waals surface area contributed by atoms with E-state index in [4.69, 9.17) is 21.7 Å². The number of methoxy groups -OCH3 is 2. The van der Waals surface area contributed by atoms with Crippen molar-refractivity contribution < 1.29 is 9.47 Å². The van der Waals surface area contributed by atoms with E-state index >= 15 is 0 Å². The van der Waals surface area contributed by atoms with Crippen LogP contribution >= 0.6 is 12.2 Å². The van der Waals surface area contributed by atoms with Gasteiger partial charge in [0.2, 0.25) is 4.77 Å². The van der Waals surface area contributed by atoms with Gasteiger partial charge in [0, 0.05) is 37.9 Å². The minimum Gasteiger partial charge on any atom is -0.497 e. The van der Waals surface area contributed by atoms with Crippen molar-refractivity contribution in [3.05, 3.63) is 59.6 Å².